The fourth-order valence-electron chi connectivity index (χ4n) is 2.22. The topological polar surface area (TPSA) is 63.3 Å². The molecule has 0 aliphatic carbocycles. The molecule has 2 aromatic rings. The van der Waals surface area contributed by atoms with Gasteiger partial charge in [0.25, 0.3) is 0 Å². The first-order chi connectivity index (χ1) is 10.3. The number of rotatable bonds is 4. The highest BCUT2D eigenvalue weighted by molar-refractivity contribution is 5.70. The molecule has 0 heterocycles. The van der Waals surface area contributed by atoms with E-state index >= 15 is 0 Å². The molecule has 0 unspecified atom stereocenters. The van der Waals surface area contributed by atoms with Gasteiger partial charge < -0.3 is 10.8 Å². The Bertz CT molecular complexity index is 683. The second-order valence-corrected chi connectivity index (χ2v) is 4.87. The largest absolute Gasteiger partial charge is 0.481 e. The smallest absolute Gasteiger partial charge is 0.417 e. The molecule has 0 aliphatic heterocycles. The third-order valence-corrected chi connectivity index (χ3v) is 3.25. The van der Waals surface area contributed by atoms with Crippen LogP contribution in [0.15, 0.2) is 48.5 Å². The third kappa shape index (κ3) is 3.65. The number of alkyl halides is 3. The average molecular weight is 309 g/mol. The summed E-state index contributed by atoms with van der Waals surface area (Å²) in [5.41, 5.74) is 5.90. The standard InChI is InChI=1S/C16H14F3NO2/c17-16(18,19)13-7-2-1-6-12(13)10-4-3-5-11(8-10)14(20)9-15(21)22/h1-8,14H,9,20H2,(H,21,22)/t14-/m0/s1. The highest BCUT2D eigenvalue weighted by atomic mass is 19.4. The van der Waals surface area contributed by atoms with Gasteiger partial charge in [0.1, 0.15) is 0 Å². The molecule has 1 atom stereocenters. The molecule has 2 rings (SSSR count). The van der Waals surface area contributed by atoms with E-state index in [1.165, 1.54) is 24.3 Å². The Morgan fingerprint density at radius 1 is 1.14 bits per heavy atom. The first-order valence-electron chi connectivity index (χ1n) is 6.53. The minimum absolute atomic E-state index is 0.0411. The van der Waals surface area contributed by atoms with Crippen molar-refractivity contribution in [3.05, 3.63) is 59.7 Å². The number of benzene rings is 2. The molecule has 6 heteroatoms. The molecule has 0 saturated heterocycles. The molecular formula is C16H14F3NO2. The summed E-state index contributed by atoms with van der Waals surface area (Å²) in [4.78, 5) is 10.7. The average Bonchev–Trinajstić information content (AvgIpc) is 2.46. The van der Waals surface area contributed by atoms with Crippen molar-refractivity contribution in [1.82, 2.24) is 0 Å². The van der Waals surface area contributed by atoms with E-state index in [1.54, 1.807) is 18.2 Å². The van der Waals surface area contributed by atoms with Crippen LogP contribution in [0.2, 0.25) is 0 Å². The first kappa shape index (κ1) is 16.0. The zero-order valence-corrected chi connectivity index (χ0v) is 11.5. The van der Waals surface area contributed by atoms with E-state index in [2.05, 4.69) is 0 Å². The van der Waals surface area contributed by atoms with Crippen molar-refractivity contribution < 1.29 is 23.1 Å². The summed E-state index contributed by atoms with van der Waals surface area (Å²) >= 11 is 0. The second kappa shape index (κ2) is 6.19. The molecule has 3 nitrogen and oxygen atoms in total. The molecule has 3 N–H and O–H groups in total. The number of carbonyl (C=O) groups is 1. The molecule has 0 spiro atoms. The lowest BCUT2D eigenvalue weighted by molar-refractivity contribution is -0.138. The minimum Gasteiger partial charge on any atom is -0.481 e. The fraction of sp³-hybridized carbons (Fsp3) is 0.188. The summed E-state index contributed by atoms with van der Waals surface area (Å²) in [6, 6.07) is 10.7. The molecule has 0 radical (unpaired) electrons. The lowest BCUT2D eigenvalue weighted by Gasteiger charge is -2.15. The predicted octanol–water partition coefficient (Wildman–Crippen LogP) is 3.85. The monoisotopic (exact) mass is 309 g/mol. The normalized spacial score (nSPS) is 12.9. The number of hydrogen-bond donors (Lipinski definition) is 2. The molecule has 2 aromatic carbocycles. The van der Waals surface area contributed by atoms with Crippen LogP contribution >= 0.6 is 0 Å². The third-order valence-electron chi connectivity index (χ3n) is 3.25. The van der Waals surface area contributed by atoms with Gasteiger partial charge in [-0.25, -0.2) is 0 Å². The van der Waals surface area contributed by atoms with Gasteiger partial charge in [0.15, 0.2) is 0 Å². The van der Waals surface area contributed by atoms with E-state index in [0.717, 1.165) is 6.07 Å². The van der Waals surface area contributed by atoms with Gasteiger partial charge in [-0.3, -0.25) is 4.79 Å². The number of carboxylic acid groups (broad SMARTS) is 1. The van der Waals surface area contributed by atoms with Crippen LogP contribution < -0.4 is 5.73 Å². The van der Waals surface area contributed by atoms with Crippen molar-refractivity contribution in [3.63, 3.8) is 0 Å². The van der Waals surface area contributed by atoms with E-state index < -0.39 is 23.8 Å². The Labute approximate surface area is 125 Å². The molecule has 0 bridgehead atoms. The van der Waals surface area contributed by atoms with Crippen LogP contribution in [-0.2, 0) is 11.0 Å². The summed E-state index contributed by atoms with van der Waals surface area (Å²) in [5, 5.41) is 8.75. The number of aliphatic carboxylic acids is 1. The molecular weight excluding hydrogens is 295 g/mol. The van der Waals surface area contributed by atoms with Crippen LogP contribution in [0.4, 0.5) is 13.2 Å². The van der Waals surface area contributed by atoms with Crippen LogP contribution in [0.3, 0.4) is 0 Å². The molecule has 116 valence electrons. The Morgan fingerprint density at radius 2 is 1.82 bits per heavy atom. The first-order valence-corrected chi connectivity index (χ1v) is 6.53. The van der Waals surface area contributed by atoms with Crippen molar-refractivity contribution in [2.45, 2.75) is 18.6 Å². The maximum Gasteiger partial charge on any atom is 0.417 e. The van der Waals surface area contributed by atoms with E-state index in [4.69, 9.17) is 10.8 Å². The van der Waals surface area contributed by atoms with Crippen molar-refractivity contribution >= 4 is 5.97 Å². The van der Waals surface area contributed by atoms with Gasteiger partial charge >= 0.3 is 12.1 Å². The predicted molar refractivity (Wildman–Crippen MR) is 76.1 cm³/mol. The summed E-state index contributed by atoms with van der Waals surface area (Å²) in [6.07, 6.45) is -4.75. The summed E-state index contributed by atoms with van der Waals surface area (Å²) in [5.74, 6) is -1.06. The Hall–Kier alpha value is -2.34. The van der Waals surface area contributed by atoms with Gasteiger partial charge in [0.05, 0.1) is 12.0 Å². The SMILES string of the molecule is N[C@@H](CC(=O)O)c1cccc(-c2ccccc2C(F)(F)F)c1. The van der Waals surface area contributed by atoms with Gasteiger partial charge in [0, 0.05) is 6.04 Å². The highest BCUT2D eigenvalue weighted by Crippen LogP contribution is 2.37. The van der Waals surface area contributed by atoms with Gasteiger partial charge in [0.2, 0.25) is 0 Å². The summed E-state index contributed by atoms with van der Waals surface area (Å²) in [7, 11) is 0. The van der Waals surface area contributed by atoms with Crippen LogP contribution in [0.25, 0.3) is 11.1 Å². The molecule has 0 saturated carbocycles. The van der Waals surface area contributed by atoms with Crippen LogP contribution in [0.1, 0.15) is 23.6 Å². The summed E-state index contributed by atoms with van der Waals surface area (Å²) < 4.78 is 39.2. The zero-order chi connectivity index (χ0) is 16.3. The van der Waals surface area contributed by atoms with Crippen molar-refractivity contribution in [1.29, 1.82) is 0 Å². The van der Waals surface area contributed by atoms with E-state index in [0.29, 0.717) is 11.1 Å². The van der Waals surface area contributed by atoms with E-state index in [-0.39, 0.29) is 12.0 Å². The van der Waals surface area contributed by atoms with Gasteiger partial charge in [-0.2, -0.15) is 13.2 Å². The Balaban J connectivity index is 2.45. The molecule has 0 aliphatic rings. The van der Waals surface area contributed by atoms with Crippen LogP contribution in [-0.4, -0.2) is 11.1 Å². The van der Waals surface area contributed by atoms with Gasteiger partial charge in [-0.05, 0) is 28.8 Å². The van der Waals surface area contributed by atoms with Gasteiger partial charge in [-0.1, -0.05) is 36.4 Å². The van der Waals surface area contributed by atoms with Crippen LogP contribution in [0, 0.1) is 0 Å². The highest BCUT2D eigenvalue weighted by Gasteiger charge is 2.33. The number of halogens is 3. The van der Waals surface area contributed by atoms with Crippen LogP contribution in [0.5, 0.6) is 0 Å². The fourth-order valence-corrected chi connectivity index (χ4v) is 2.22. The summed E-state index contributed by atoms with van der Waals surface area (Å²) in [6.45, 7) is 0. The maximum absolute atomic E-state index is 13.1. The molecule has 0 aromatic heterocycles. The number of hydrogen-bond acceptors (Lipinski definition) is 2. The molecule has 0 amide bonds. The number of nitrogens with two attached hydrogens (primary N) is 1. The van der Waals surface area contributed by atoms with Gasteiger partial charge in [-0.15, -0.1) is 0 Å². The maximum atomic E-state index is 13.1. The Morgan fingerprint density at radius 3 is 2.45 bits per heavy atom. The van der Waals surface area contributed by atoms with E-state index in [9.17, 15) is 18.0 Å². The van der Waals surface area contributed by atoms with Crippen molar-refractivity contribution in [2.75, 3.05) is 0 Å². The quantitative estimate of drug-likeness (QED) is 0.901. The molecule has 0 fully saturated rings. The van der Waals surface area contributed by atoms with E-state index in [1.807, 2.05) is 0 Å². The lowest BCUT2D eigenvalue weighted by Crippen LogP contribution is -2.15. The zero-order valence-electron chi connectivity index (χ0n) is 11.5. The second-order valence-electron chi connectivity index (χ2n) is 4.87. The number of carboxylic acids is 1. The van der Waals surface area contributed by atoms with Crippen molar-refractivity contribution in [2.24, 2.45) is 5.73 Å². The molecule has 22 heavy (non-hydrogen) atoms. The Kier molecular flexibility index (Phi) is 4.51. The minimum atomic E-state index is -4.46. The lowest BCUT2D eigenvalue weighted by atomic mass is 9.95. The van der Waals surface area contributed by atoms with Crippen molar-refractivity contribution in [3.8, 4) is 11.1 Å².